The molecule has 0 bridgehead atoms. The molecule has 1 amide bonds. The predicted molar refractivity (Wildman–Crippen MR) is 89.7 cm³/mol. The number of benzene rings is 2. The van der Waals surface area contributed by atoms with E-state index in [1.165, 1.54) is 0 Å². The zero-order chi connectivity index (χ0) is 15.3. The van der Waals surface area contributed by atoms with Crippen LogP contribution < -0.4 is 16.0 Å². The van der Waals surface area contributed by atoms with Crippen molar-refractivity contribution in [1.82, 2.24) is 5.32 Å². The normalized spacial score (nSPS) is 23.0. The summed E-state index contributed by atoms with van der Waals surface area (Å²) in [6, 6.07) is 13.9. The van der Waals surface area contributed by atoms with Crippen LogP contribution in [0.1, 0.15) is 40.1 Å². The van der Waals surface area contributed by atoms with E-state index in [2.05, 4.69) is 26.1 Å². The Morgan fingerprint density at radius 1 is 1.18 bits per heavy atom. The van der Waals surface area contributed by atoms with Crippen LogP contribution in [0, 0.1) is 0 Å². The maximum Gasteiger partial charge on any atom is 0.255 e. The number of para-hydroxylation sites is 1. The number of nitrogens with zero attached hydrogens (tertiary/aromatic N) is 1. The third kappa shape index (κ3) is 2.04. The summed E-state index contributed by atoms with van der Waals surface area (Å²) in [5, 5.41) is 3.12. The minimum Gasteiger partial charge on any atom is -0.346 e. The number of hydrogen-bond donors (Lipinski definition) is 2. The Morgan fingerprint density at radius 3 is 2.73 bits per heavy atom. The first-order valence-corrected chi connectivity index (χ1v) is 8.16. The second-order valence-electron chi connectivity index (χ2n) is 5.76. The van der Waals surface area contributed by atoms with E-state index in [0.717, 1.165) is 39.8 Å². The molecular formula is C17H16BrN3O. The first-order chi connectivity index (χ1) is 10.6. The molecule has 112 valence electrons. The van der Waals surface area contributed by atoms with Gasteiger partial charge in [-0.15, -0.1) is 0 Å². The molecule has 2 aromatic carbocycles. The minimum atomic E-state index is -0.137. The van der Waals surface area contributed by atoms with Crippen LogP contribution in [0.3, 0.4) is 0 Å². The van der Waals surface area contributed by atoms with Crippen molar-refractivity contribution in [2.45, 2.75) is 18.6 Å². The molecule has 5 heteroatoms. The number of nitrogens with one attached hydrogen (secondary N) is 1. The van der Waals surface area contributed by atoms with E-state index < -0.39 is 0 Å². The summed E-state index contributed by atoms with van der Waals surface area (Å²) < 4.78 is 1.03. The Balaban J connectivity index is 1.85. The van der Waals surface area contributed by atoms with Crippen molar-refractivity contribution >= 4 is 27.5 Å². The van der Waals surface area contributed by atoms with Crippen LogP contribution in [0.4, 0.5) is 5.69 Å². The van der Waals surface area contributed by atoms with Gasteiger partial charge in [-0.3, -0.25) is 4.79 Å². The van der Waals surface area contributed by atoms with Crippen molar-refractivity contribution in [2.24, 2.45) is 5.73 Å². The van der Waals surface area contributed by atoms with Gasteiger partial charge in [-0.2, -0.15) is 0 Å². The average Bonchev–Trinajstić information content (AvgIpc) is 2.53. The quantitative estimate of drug-likeness (QED) is 0.824. The van der Waals surface area contributed by atoms with E-state index in [1.807, 2.05) is 42.5 Å². The van der Waals surface area contributed by atoms with E-state index in [1.54, 1.807) is 0 Å². The van der Waals surface area contributed by atoms with E-state index in [0.29, 0.717) is 0 Å². The molecule has 22 heavy (non-hydrogen) atoms. The SMILES string of the molecule is N[C@H]1CCN2c3c(cccc31)C(=O)N[C@H]2c1ccc(Br)cc1. The second kappa shape index (κ2) is 5.11. The smallest absolute Gasteiger partial charge is 0.255 e. The molecule has 0 saturated heterocycles. The topological polar surface area (TPSA) is 58.4 Å². The summed E-state index contributed by atoms with van der Waals surface area (Å²) in [6.07, 6.45) is 0.751. The van der Waals surface area contributed by atoms with Crippen molar-refractivity contribution in [3.8, 4) is 0 Å². The monoisotopic (exact) mass is 357 g/mol. The van der Waals surface area contributed by atoms with Gasteiger partial charge in [0.2, 0.25) is 0 Å². The zero-order valence-electron chi connectivity index (χ0n) is 11.9. The first-order valence-electron chi connectivity index (χ1n) is 7.36. The number of hydrogen-bond acceptors (Lipinski definition) is 3. The lowest BCUT2D eigenvalue weighted by Crippen LogP contribution is -2.49. The van der Waals surface area contributed by atoms with Crippen LogP contribution in [0.15, 0.2) is 46.9 Å². The van der Waals surface area contributed by atoms with Gasteiger partial charge in [0.15, 0.2) is 0 Å². The largest absolute Gasteiger partial charge is 0.346 e. The molecule has 2 atom stereocenters. The fraction of sp³-hybridized carbons (Fsp3) is 0.235. The summed E-state index contributed by atoms with van der Waals surface area (Å²) in [7, 11) is 0. The molecule has 0 spiro atoms. The molecule has 0 fully saturated rings. The average molecular weight is 358 g/mol. The molecule has 2 heterocycles. The van der Waals surface area contributed by atoms with Gasteiger partial charge in [0.1, 0.15) is 6.17 Å². The van der Waals surface area contributed by atoms with Gasteiger partial charge in [0.05, 0.1) is 11.3 Å². The van der Waals surface area contributed by atoms with E-state index >= 15 is 0 Å². The van der Waals surface area contributed by atoms with E-state index in [-0.39, 0.29) is 18.1 Å². The molecule has 0 aliphatic carbocycles. The molecule has 4 nitrogen and oxygen atoms in total. The fourth-order valence-electron chi connectivity index (χ4n) is 3.36. The molecule has 0 aromatic heterocycles. The lowest BCUT2D eigenvalue weighted by molar-refractivity contribution is 0.0925. The van der Waals surface area contributed by atoms with Crippen LogP contribution in [-0.2, 0) is 0 Å². The number of anilines is 1. The Hall–Kier alpha value is -1.85. The van der Waals surface area contributed by atoms with Crippen molar-refractivity contribution in [2.75, 3.05) is 11.4 Å². The van der Waals surface area contributed by atoms with Gasteiger partial charge in [-0.25, -0.2) is 0 Å². The number of nitrogens with two attached hydrogens (primary N) is 1. The molecule has 2 aromatic rings. The summed E-state index contributed by atoms with van der Waals surface area (Å²) in [4.78, 5) is 14.8. The standard InChI is InChI=1S/C17H16BrN3O/c18-11-6-4-10(5-7-11)16-20-17(22)13-3-1-2-12-14(19)8-9-21(16)15(12)13/h1-7,14,16H,8-9,19H2,(H,20,22)/t14-,16+/m0/s1. The van der Waals surface area contributed by atoms with Crippen molar-refractivity contribution < 1.29 is 4.79 Å². The Morgan fingerprint density at radius 2 is 1.95 bits per heavy atom. The van der Waals surface area contributed by atoms with Crippen molar-refractivity contribution in [1.29, 1.82) is 0 Å². The van der Waals surface area contributed by atoms with Crippen molar-refractivity contribution in [3.05, 3.63) is 63.6 Å². The fourth-order valence-corrected chi connectivity index (χ4v) is 3.62. The highest BCUT2D eigenvalue weighted by molar-refractivity contribution is 9.10. The number of carbonyl (C=O) groups excluding carboxylic acids is 1. The Kier molecular flexibility index (Phi) is 3.20. The third-order valence-electron chi connectivity index (χ3n) is 4.44. The summed E-state index contributed by atoms with van der Waals surface area (Å²) in [6.45, 7) is 0.839. The molecule has 4 rings (SSSR count). The van der Waals surface area contributed by atoms with Crippen molar-refractivity contribution in [3.63, 3.8) is 0 Å². The minimum absolute atomic E-state index is 0.00247. The molecule has 0 saturated carbocycles. The predicted octanol–water partition coefficient (Wildman–Crippen LogP) is 3.10. The lowest BCUT2D eigenvalue weighted by atomic mass is 9.90. The van der Waals surface area contributed by atoms with Crippen LogP contribution >= 0.6 is 15.9 Å². The van der Waals surface area contributed by atoms with E-state index in [4.69, 9.17) is 5.73 Å². The zero-order valence-corrected chi connectivity index (χ0v) is 13.5. The highest BCUT2D eigenvalue weighted by Gasteiger charge is 2.36. The van der Waals surface area contributed by atoms with Gasteiger partial charge in [-0.05, 0) is 35.7 Å². The Labute approximate surface area is 137 Å². The molecular weight excluding hydrogens is 342 g/mol. The molecule has 2 aliphatic rings. The summed E-state index contributed by atoms with van der Waals surface area (Å²) in [5.74, 6) is -0.0323. The second-order valence-corrected chi connectivity index (χ2v) is 6.68. The molecule has 3 N–H and O–H groups in total. The summed E-state index contributed by atoms with van der Waals surface area (Å²) >= 11 is 3.45. The highest BCUT2D eigenvalue weighted by Crippen LogP contribution is 2.42. The number of rotatable bonds is 1. The molecule has 0 unspecified atom stereocenters. The number of halogens is 1. The maximum absolute atomic E-state index is 12.5. The third-order valence-corrected chi connectivity index (χ3v) is 4.97. The Bertz CT molecular complexity index is 744. The molecule has 2 aliphatic heterocycles. The first kappa shape index (κ1) is 13.8. The van der Waals surface area contributed by atoms with Crippen LogP contribution in [0.5, 0.6) is 0 Å². The van der Waals surface area contributed by atoms with Gasteiger partial charge < -0.3 is 16.0 Å². The van der Waals surface area contributed by atoms with E-state index in [9.17, 15) is 4.79 Å². The number of amides is 1. The highest BCUT2D eigenvalue weighted by atomic mass is 79.9. The maximum atomic E-state index is 12.5. The lowest BCUT2D eigenvalue weighted by Gasteiger charge is -2.44. The van der Waals surface area contributed by atoms with Gasteiger partial charge >= 0.3 is 0 Å². The van der Waals surface area contributed by atoms with Crippen LogP contribution in [-0.4, -0.2) is 12.5 Å². The summed E-state index contributed by atoms with van der Waals surface area (Å²) in [5.41, 5.74) is 10.1. The van der Waals surface area contributed by atoms with Gasteiger partial charge in [0, 0.05) is 17.1 Å². The van der Waals surface area contributed by atoms with Gasteiger partial charge in [0.25, 0.3) is 5.91 Å². The van der Waals surface area contributed by atoms with Crippen LogP contribution in [0.25, 0.3) is 0 Å². The van der Waals surface area contributed by atoms with Crippen LogP contribution in [0.2, 0.25) is 0 Å². The number of carbonyl (C=O) groups is 1. The van der Waals surface area contributed by atoms with Gasteiger partial charge in [-0.1, -0.05) is 40.2 Å². The molecule has 0 radical (unpaired) electrons.